The van der Waals surface area contributed by atoms with Crippen molar-refractivity contribution in [1.29, 1.82) is 0 Å². The molecule has 0 aromatic heterocycles. The fraction of sp³-hybridized carbons (Fsp3) is 0.412. The van der Waals surface area contributed by atoms with Crippen molar-refractivity contribution in [3.05, 3.63) is 125 Å². The molecule has 0 aliphatic heterocycles. The van der Waals surface area contributed by atoms with Gasteiger partial charge in [-0.05, 0) is 103 Å². The van der Waals surface area contributed by atoms with Gasteiger partial charge in [0.2, 0.25) is 0 Å². The molecular formula is C51H60F3NO2. The third-order valence-corrected chi connectivity index (χ3v) is 11.8. The Kier molecular flexibility index (Phi) is 14.1. The molecule has 0 radical (unpaired) electrons. The topological polar surface area (TPSA) is 21.7 Å². The first kappa shape index (κ1) is 41.9. The van der Waals surface area contributed by atoms with Gasteiger partial charge < -0.3 is 14.4 Å². The predicted octanol–water partition coefficient (Wildman–Crippen LogP) is 16.1. The van der Waals surface area contributed by atoms with Gasteiger partial charge in [0.15, 0.2) is 0 Å². The highest BCUT2D eigenvalue weighted by atomic mass is 19.4. The van der Waals surface area contributed by atoms with Crippen LogP contribution in [0.4, 0.5) is 30.2 Å². The molecule has 0 saturated carbocycles. The number of anilines is 3. The number of fused-ring (bicyclic) bond motifs is 3. The molecule has 6 heteroatoms. The number of rotatable bonds is 20. The van der Waals surface area contributed by atoms with Crippen LogP contribution < -0.4 is 14.4 Å². The molecule has 5 aromatic rings. The molecule has 0 atom stereocenters. The van der Waals surface area contributed by atoms with E-state index in [1.807, 2.05) is 36.1 Å². The molecule has 6 rings (SSSR count). The van der Waals surface area contributed by atoms with Gasteiger partial charge in [0.25, 0.3) is 0 Å². The lowest BCUT2D eigenvalue weighted by Crippen LogP contribution is -2.25. The van der Waals surface area contributed by atoms with Gasteiger partial charge in [0.05, 0.1) is 12.8 Å². The van der Waals surface area contributed by atoms with Gasteiger partial charge in [0, 0.05) is 22.9 Å². The summed E-state index contributed by atoms with van der Waals surface area (Å²) in [5, 5.41) is 0. The first-order valence-electron chi connectivity index (χ1n) is 21.2. The number of benzene rings is 5. The highest BCUT2D eigenvalue weighted by Gasteiger charge is 2.42. The summed E-state index contributed by atoms with van der Waals surface area (Å²) >= 11 is 0. The van der Waals surface area contributed by atoms with E-state index in [0.717, 1.165) is 22.5 Å². The maximum Gasteiger partial charge on any atom is 0.573 e. The molecule has 5 aromatic carbocycles. The first-order valence-corrected chi connectivity index (χ1v) is 21.2. The smallest absolute Gasteiger partial charge is 0.494 e. The maximum absolute atomic E-state index is 13.1. The second kappa shape index (κ2) is 19.2. The van der Waals surface area contributed by atoms with Gasteiger partial charge >= 0.3 is 6.36 Å². The number of nitrogens with zero attached hydrogens (tertiary/aromatic N) is 1. The molecule has 0 N–H and O–H groups in total. The molecule has 0 spiro atoms. The molecule has 0 fully saturated rings. The van der Waals surface area contributed by atoms with E-state index < -0.39 is 6.36 Å². The highest BCUT2D eigenvalue weighted by Crippen LogP contribution is 2.55. The fourth-order valence-corrected chi connectivity index (χ4v) is 8.83. The number of aryl methyl sites for hydroxylation is 2. The fourth-order valence-electron chi connectivity index (χ4n) is 8.83. The van der Waals surface area contributed by atoms with Gasteiger partial charge in [-0.25, -0.2) is 0 Å². The first-order chi connectivity index (χ1) is 27.6. The third-order valence-electron chi connectivity index (χ3n) is 11.8. The van der Waals surface area contributed by atoms with Gasteiger partial charge in [-0.2, -0.15) is 0 Å². The van der Waals surface area contributed by atoms with E-state index in [-0.39, 0.29) is 16.9 Å². The second-order valence-electron chi connectivity index (χ2n) is 16.0. The largest absolute Gasteiger partial charge is 0.573 e. The van der Waals surface area contributed by atoms with Gasteiger partial charge in [-0.15, -0.1) is 13.2 Å². The van der Waals surface area contributed by atoms with Crippen molar-refractivity contribution in [3.63, 3.8) is 0 Å². The van der Waals surface area contributed by atoms with Crippen LogP contribution in [-0.2, 0) is 5.41 Å². The minimum atomic E-state index is -4.81. The highest BCUT2D eigenvalue weighted by molar-refractivity contribution is 5.85. The van der Waals surface area contributed by atoms with Crippen LogP contribution in [0.1, 0.15) is 126 Å². The number of methoxy groups -OCH3 is 1. The molecular weight excluding hydrogens is 716 g/mol. The Labute approximate surface area is 339 Å². The Hall–Kier alpha value is -4.71. The zero-order valence-corrected chi connectivity index (χ0v) is 34.6. The Morgan fingerprint density at radius 2 is 1.05 bits per heavy atom. The number of alkyl halides is 3. The standard InChI is InChI=1S/C51H60F3NO2/c1-6-8-10-12-14-16-32-50(33-17-15-13-11-9-7-2)46-34-38(4)20-29-44(46)45-30-23-40(35-47(45)50)39-21-26-42(27-22-39)55(41-24-18-37(3)19-25-41)48-31-28-43(36-49(48)56-5)57-51(52,53)54/h18-31,34-36H,6-17,32-33H2,1-5H3. The molecule has 0 unspecified atom stereocenters. The van der Waals surface area contributed by atoms with E-state index in [0.29, 0.717) is 5.69 Å². The second-order valence-corrected chi connectivity index (χ2v) is 16.0. The summed E-state index contributed by atoms with van der Waals surface area (Å²) in [6.07, 6.45) is 12.9. The Balaban J connectivity index is 1.37. The molecule has 302 valence electrons. The van der Waals surface area contributed by atoms with Crippen LogP contribution >= 0.6 is 0 Å². The summed E-state index contributed by atoms with van der Waals surface area (Å²) in [5.74, 6) is -0.0674. The van der Waals surface area contributed by atoms with Crippen molar-refractivity contribution in [2.45, 2.75) is 129 Å². The molecule has 57 heavy (non-hydrogen) atoms. The quantitative estimate of drug-likeness (QED) is 0.0735. The summed E-state index contributed by atoms with van der Waals surface area (Å²) in [5.41, 5.74) is 12.8. The van der Waals surface area contributed by atoms with Gasteiger partial charge in [-0.1, -0.05) is 157 Å². The Morgan fingerprint density at radius 1 is 0.544 bits per heavy atom. The minimum Gasteiger partial charge on any atom is -0.494 e. The maximum atomic E-state index is 13.1. The summed E-state index contributed by atoms with van der Waals surface area (Å²) in [6, 6.07) is 35.0. The van der Waals surface area contributed by atoms with Crippen molar-refractivity contribution >= 4 is 17.1 Å². The zero-order chi connectivity index (χ0) is 40.4. The SMILES string of the molecule is CCCCCCCCC1(CCCCCCCC)c2cc(C)ccc2-c2ccc(-c3ccc(N(c4ccc(C)cc4)c4ccc(OC(F)(F)F)cc4OC)cc3)cc21. The summed E-state index contributed by atoms with van der Waals surface area (Å²) in [4.78, 5) is 2.01. The number of unbranched alkanes of at least 4 members (excludes halogenated alkanes) is 10. The van der Waals surface area contributed by atoms with E-state index in [2.05, 4.69) is 86.2 Å². The van der Waals surface area contributed by atoms with Gasteiger partial charge in [-0.3, -0.25) is 0 Å². The summed E-state index contributed by atoms with van der Waals surface area (Å²) in [6.45, 7) is 8.83. The van der Waals surface area contributed by atoms with E-state index in [1.165, 1.54) is 143 Å². The zero-order valence-electron chi connectivity index (χ0n) is 34.6. The summed E-state index contributed by atoms with van der Waals surface area (Å²) < 4.78 is 49.2. The van der Waals surface area contributed by atoms with Crippen molar-refractivity contribution in [3.8, 4) is 33.8 Å². The number of ether oxygens (including phenoxy) is 2. The Morgan fingerprint density at radius 3 is 1.63 bits per heavy atom. The molecule has 0 amide bonds. The van der Waals surface area contributed by atoms with Crippen LogP contribution in [0.15, 0.2) is 103 Å². The van der Waals surface area contributed by atoms with Crippen LogP contribution in [0.5, 0.6) is 11.5 Å². The van der Waals surface area contributed by atoms with Crippen molar-refractivity contribution in [2.24, 2.45) is 0 Å². The van der Waals surface area contributed by atoms with Crippen LogP contribution in [0.3, 0.4) is 0 Å². The predicted molar refractivity (Wildman–Crippen MR) is 231 cm³/mol. The van der Waals surface area contributed by atoms with Crippen molar-refractivity contribution in [1.82, 2.24) is 0 Å². The number of hydrogen-bond acceptors (Lipinski definition) is 3. The van der Waals surface area contributed by atoms with Crippen LogP contribution in [0, 0.1) is 13.8 Å². The molecule has 0 saturated heterocycles. The summed E-state index contributed by atoms with van der Waals surface area (Å²) in [7, 11) is 1.46. The third kappa shape index (κ3) is 10.1. The number of hydrogen-bond donors (Lipinski definition) is 0. The van der Waals surface area contributed by atoms with Crippen molar-refractivity contribution < 1.29 is 22.6 Å². The lowest BCUT2D eigenvalue weighted by atomic mass is 9.70. The van der Waals surface area contributed by atoms with E-state index >= 15 is 0 Å². The van der Waals surface area contributed by atoms with E-state index in [9.17, 15) is 13.2 Å². The molecule has 0 heterocycles. The lowest BCUT2D eigenvalue weighted by Gasteiger charge is -2.33. The normalized spacial score (nSPS) is 13.0. The average molecular weight is 776 g/mol. The monoisotopic (exact) mass is 775 g/mol. The molecule has 0 bridgehead atoms. The van der Waals surface area contributed by atoms with Crippen LogP contribution in [-0.4, -0.2) is 13.5 Å². The molecule has 3 nitrogen and oxygen atoms in total. The van der Waals surface area contributed by atoms with E-state index in [4.69, 9.17) is 4.74 Å². The van der Waals surface area contributed by atoms with Crippen molar-refractivity contribution in [2.75, 3.05) is 12.0 Å². The molecule has 1 aliphatic rings. The van der Waals surface area contributed by atoms with E-state index in [1.54, 1.807) is 6.07 Å². The van der Waals surface area contributed by atoms with Crippen LogP contribution in [0.2, 0.25) is 0 Å². The minimum absolute atomic E-state index is 0.0110. The average Bonchev–Trinajstić information content (AvgIpc) is 3.46. The molecule has 1 aliphatic carbocycles. The Bertz CT molecular complexity index is 2040. The lowest BCUT2D eigenvalue weighted by molar-refractivity contribution is -0.274. The van der Waals surface area contributed by atoms with Crippen LogP contribution in [0.25, 0.3) is 22.3 Å². The van der Waals surface area contributed by atoms with Gasteiger partial charge in [0.1, 0.15) is 11.5 Å². The number of halogens is 3.